The van der Waals surface area contributed by atoms with E-state index in [2.05, 4.69) is 5.32 Å². The van der Waals surface area contributed by atoms with Gasteiger partial charge in [0.15, 0.2) is 0 Å². The Kier molecular flexibility index (Phi) is 5.02. The monoisotopic (exact) mass is 269 g/mol. The summed E-state index contributed by atoms with van der Waals surface area (Å²) in [7, 11) is 2.02. The Hall–Kier alpha value is -0.600. The summed E-state index contributed by atoms with van der Waals surface area (Å²) in [6, 6.07) is 5.49. The highest BCUT2D eigenvalue weighted by molar-refractivity contribution is 6.30. The van der Waals surface area contributed by atoms with Crippen LogP contribution in [0.5, 0.6) is 0 Å². The highest BCUT2D eigenvalue weighted by Gasteiger charge is 2.23. The summed E-state index contributed by atoms with van der Waals surface area (Å²) in [6.45, 7) is 0. The Morgan fingerprint density at radius 2 is 2.11 bits per heavy atom. The van der Waals surface area contributed by atoms with Crippen molar-refractivity contribution in [1.29, 1.82) is 0 Å². The summed E-state index contributed by atoms with van der Waals surface area (Å²) in [4.78, 5) is 0. The molecule has 0 saturated heterocycles. The molecule has 100 valence electrons. The van der Waals surface area contributed by atoms with Crippen LogP contribution in [0, 0.1) is 11.7 Å². The molecule has 1 N–H and O–H groups in total. The van der Waals surface area contributed by atoms with Gasteiger partial charge in [-0.1, -0.05) is 30.5 Å². The van der Waals surface area contributed by atoms with Gasteiger partial charge >= 0.3 is 0 Å². The first-order chi connectivity index (χ1) is 8.70. The summed E-state index contributed by atoms with van der Waals surface area (Å²) in [5.74, 6) is 0.592. The molecule has 1 unspecified atom stereocenters. The van der Waals surface area contributed by atoms with Crippen LogP contribution < -0.4 is 5.32 Å². The maximum Gasteiger partial charge on any atom is 0.127 e. The normalized spacial score (nSPS) is 18.2. The van der Waals surface area contributed by atoms with E-state index in [0.29, 0.717) is 11.1 Å². The molecule has 1 saturated carbocycles. The van der Waals surface area contributed by atoms with Gasteiger partial charge < -0.3 is 5.32 Å². The Morgan fingerprint density at radius 3 is 2.72 bits per heavy atom. The third-order valence-electron chi connectivity index (χ3n) is 4.08. The van der Waals surface area contributed by atoms with E-state index in [9.17, 15) is 4.39 Å². The van der Waals surface area contributed by atoms with Crippen LogP contribution in [0.15, 0.2) is 18.2 Å². The minimum absolute atomic E-state index is 0.177. The fourth-order valence-electron chi connectivity index (χ4n) is 3.01. The second kappa shape index (κ2) is 6.53. The van der Waals surface area contributed by atoms with Gasteiger partial charge in [0.2, 0.25) is 0 Å². The molecule has 0 radical (unpaired) electrons. The van der Waals surface area contributed by atoms with Gasteiger partial charge in [0.1, 0.15) is 5.82 Å². The van der Waals surface area contributed by atoms with Crippen LogP contribution in [0.1, 0.15) is 37.7 Å². The van der Waals surface area contributed by atoms with Crippen molar-refractivity contribution in [2.75, 3.05) is 7.05 Å². The van der Waals surface area contributed by atoms with E-state index in [1.54, 1.807) is 12.1 Å². The molecule has 18 heavy (non-hydrogen) atoms. The summed E-state index contributed by atoms with van der Waals surface area (Å²) in [5, 5.41) is 3.87. The van der Waals surface area contributed by atoms with Gasteiger partial charge in [0.25, 0.3) is 0 Å². The maximum absolute atomic E-state index is 13.7. The molecule has 0 spiro atoms. The standard InChI is InChI=1S/C15H21ClFN/c1-18-15(12-4-2-3-5-12)9-7-11-6-8-13(16)10-14(11)17/h6,8,10,12,15,18H,2-5,7,9H2,1H3. The van der Waals surface area contributed by atoms with Crippen LogP contribution in [0.25, 0.3) is 0 Å². The van der Waals surface area contributed by atoms with E-state index in [-0.39, 0.29) is 5.82 Å². The zero-order valence-electron chi connectivity index (χ0n) is 10.9. The van der Waals surface area contributed by atoms with Gasteiger partial charge in [-0.15, -0.1) is 0 Å². The van der Waals surface area contributed by atoms with Crippen molar-refractivity contribution in [2.24, 2.45) is 5.92 Å². The molecule has 1 aliphatic rings. The first-order valence-corrected chi connectivity index (χ1v) is 7.19. The molecule has 1 aliphatic carbocycles. The van der Waals surface area contributed by atoms with Crippen LogP contribution in [0.2, 0.25) is 5.02 Å². The highest BCUT2D eigenvalue weighted by atomic mass is 35.5. The van der Waals surface area contributed by atoms with Gasteiger partial charge in [0, 0.05) is 11.1 Å². The Morgan fingerprint density at radius 1 is 1.39 bits per heavy atom. The van der Waals surface area contributed by atoms with Crippen LogP contribution in [0.3, 0.4) is 0 Å². The third-order valence-corrected chi connectivity index (χ3v) is 4.31. The molecule has 2 rings (SSSR count). The number of nitrogens with one attached hydrogen (secondary N) is 1. The number of rotatable bonds is 5. The average Bonchev–Trinajstić information content (AvgIpc) is 2.86. The quantitative estimate of drug-likeness (QED) is 0.845. The van der Waals surface area contributed by atoms with Gasteiger partial charge in [-0.3, -0.25) is 0 Å². The lowest BCUT2D eigenvalue weighted by Gasteiger charge is -2.23. The molecule has 1 fully saturated rings. The molecular formula is C15H21ClFN. The van der Waals surface area contributed by atoms with Gasteiger partial charge in [0.05, 0.1) is 0 Å². The Labute approximate surface area is 114 Å². The van der Waals surface area contributed by atoms with Crippen LogP contribution >= 0.6 is 11.6 Å². The largest absolute Gasteiger partial charge is 0.317 e. The second-order valence-corrected chi connectivity index (χ2v) is 5.65. The molecule has 1 atom stereocenters. The second-order valence-electron chi connectivity index (χ2n) is 5.21. The third kappa shape index (κ3) is 3.46. The molecule has 0 aromatic heterocycles. The molecule has 1 nitrogen and oxygen atoms in total. The predicted octanol–water partition coefficient (Wildman–Crippen LogP) is 4.19. The first-order valence-electron chi connectivity index (χ1n) is 6.82. The van der Waals surface area contributed by atoms with E-state index >= 15 is 0 Å². The average molecular weight is 270 g/mol. The summed E-state index contributed by atoms with van der Waals surface area (Å²) >= 11 is 5.76. The number of hydrogen-bond donors (Lipinski definition) is 1. The Balaban J connectivity index is 1.92. The zero-order chi connectivity index (χ0) is 13.0. The lowest BCUT2D eigenvalue weighted by molar-refractivity contribution is 0.358. The van der Waals surface area contributed by atoms with E-state index in [0.717, 1.165) is 24.3 Å². The maximum atomic E-state index is 13.7. The molecule has 1 aromatic carbocycles. The van der Waals surface area contributed by atoms with Crippen molar-refractivity contribution in [3.8, 4) is 0 Å². The summed E-state index contributed by atoms with van der Waals surface area (Å²) in [6.07, 6.45) is 7.10. The molecule has 0 aliphatic heterocycles. The molecule has 3 heteroatoms. The van der Waals surface area contributed by atoms with Crippen molar-refractivity contribution in [3.05, 3.63) is 34.6 Å². The lowest BCUT2D eigenvalue weighted by atomic mass is 9.92. The van der Waals surface area contributed by atoms with Crippen molar-refractivity contribution < 1.29 is 4.39 Å². The number of aryl methyl sites for hydroxylation is 1. The highest BCUT2D eigenvalue weighted by Crippen LogP contribution is 2.29. The van der Waals surface area contributed by atoms with Crippen LogP contribution in [0.4, 0.5) is 4.39 Å². The van der Waals surface area contributed by atoms with E-state index in [4.69, 9.17) is 11.6 Å². The smallest absolute Gasteiger partial charge is 0.127 e. The molecular weight excluding hydrogens is 249 g/mol. The number of hydrogen-bond acceptors (Lipinski definition) is 1. The number of benzene rings is 1. The zero-order valence-corrected chi connectivity index (χ0v) is 11.6. The minimum atomic E-state index is -0.177. The predicted molar refractivity (Wildman–Crippen MR) is 74.5 cm³/mol. The SMILES string of the molecule is CNC(CCc1ccc(Cl)cc1F)C1CCCC1. The van der Waals surface area contributed by atoms with Crippen molar-refractivity contribution >= 4 is 11.6 Å². The molecule has 0 bridgehead atoms. The number of halogens is 2. The van der Waals surface area contributed by atoms with Gasteiger partial charge in [-0.25, -0.2) is 4.39 Å². The van der Waals surface area contributed by atoms with Gasteiger partial charge in [-0.05, 0) is 56.3 Å². The Bertz CT molecular complexity index is 388. The molecule has 0 amide bonds. The van der Waals surface area contributed by atoms with Crippen LogP contribution in [-0.2, 0) is 6.42 Å². The fraction of sp³-hybridized carbons (Fsp3) is 0.600. The summed E-state index contributed by atoms with van der Waals surface area (Å²) in [5.41, 5.74) is 0.776. The van der Waals surface area contributed by atoms with Crippen molar-refractivity contribution in [1.82, 2.24) is 5.32 Å². The minimum Gasteiger partial charge on any atom is -0.317 e. The molecule has 0 heterocycles. The van der Waals surface area contributed by atoms with Crippen molar-refractivity contribution in [3.63, 3.8) is 0 Å². The van der Waals surface area contributed by atoms with E-state index < -0.39 is 0 Å². The fourth-order valence-corrected chi connectivity index (χ4v) is 3.17. The molecule has 1 aromatic rings. The van der Waals surface area contributed by atoms with Crippen LogP contribution in [-0.4, -0.2) is 13.1 Å². The summed E-state index contributed by atoms with van der Waals surface area (Å²) < 4.78 is 13.7. The first kappa shape index (κ1) is 13.8. The lowest BCUT2D eigenvalue weighted by Crippen LogP contribution is -2.32. The van der Waals surface area contributed by atoms with Crippen molar-refractivity contribution in [2.45, 2.75) is 44.6 Å². The topological polar surface area (TPSA) is 12.0 Å². The van der Waals surface area contributed by atoms with E-state index in [1.807, 2.05) is 7.05 Å². The van der Waals surface area contributed by atoms with Gasteiger partial charge in [-0.2, -0.15) is 0 Å². The van der Waals surface area contributed by atoms with E-state index in [1.165, 1.54) is 31.7 Å².